The van der Waals surface area contributed by atoms with Crippen molar-refractivity contribution >= 4 is 27.0 Å². The highest BCUT2D eigenvalue weighted by atomic mass is 35.5. The number of rotatable bonds is 2. The van der Waals surface area contributed by atoms with E-state index in [1.165, 1.54) is 0 Å². The molecule has 19 heavy (non-hydrogen) atoms. The second-order valence-corrected chi connectivity index (χ2v) is 7.86. The Labute approximate surface area is 117 Å². The van der Waals surface area contributed by atoms with Gasteiger partial charge in [0.15, 0.2) is 0 Å². The Balaban J connectivity index is 1.80. The van der Waals surface area contributed by atoms with E-state index in [-0.39, 0.29) is 0 Å². The van der Waals surface area contributed by atoms with Gasteiger partial charge in [0.05, 0.1) is 28.2 Å². The van der Waals surface area contributed by atoms with Crippen LogP contribution in [0.1, 0.15) is 18.7 Å². The zero-order chi connectivity index (χ0) is 13.5. The minimum Gasteiger partial charge on any atom is -0.302 e. The molecule has 0 N–H and O–H groups in total. The van der Waals surface area contributed by atoms with Crippen molar-refractivity contribution in [3.63, 3.8) is 0 Å². The van der Waals surface area contributed by atoms with E-state index in [9.17, 15) is 8.42 Å². The Morgan fingerprint density at radius 2 is 2.05 bits per heavy atom. The molecule has 3 heterocycles. The molecule has 102 valence electrons. The zero-order valence-electron chi connectivity index (χ0n) is 10.4. The third-order valence-corrected chi connectivity index (χ3v) is 5.65. The summed E-state index contributed by atoms with van der Waals surface area (Å²) in [4.78, 5) is 4.42. The number of sulfone groups is 1. The van der Waals surface area contributed by atoms with Gasteiger partial charge in [-0.1, -0.05) is 11.6 Å². The molecule has 0 radical (unpaired) electrons. The van der Waals surface area contributed by atoms with Crippen LogP contribution in [0.2, 0.25) is 5.02 Å². The number of pyridine rings is 1. The topological polar surface area (TPSA) is 51.4 Å². The minimum absolute atomic E-state index is 0.307. The van der Waals surface area contributed by atoms with Crippen LogP contribution in [0.3, 0.4) is 0 Å². The van der Waals surface area contributed by atoms with Crippen LogP contribution < -0.4 is 0 Å². The Bertz CT molecular complexity index is 695. The lowest BCUT2D eigenvalue weighted by molar-refractivity contribution is 0.453. The minimum atomic E-state index is -2.79. The molecule has 1 saturated heterocycles. The number of halogens is 1. The van der Waals surface area contributed by atoms with Gasteiger partial charge in [-0.3, -0.25) is 0 Å². The van der Waals surface area contributed by atoms with Crippen LogP contribution in [0, 0.1) is 5.92 Å². The van der Waals surface area contributed by atoms with Gasteiger partial charge in [-0.2, -0.15) is 0 Å². The second-order valence-electron chi connectivity index (χ2n) is 5.12. The SMILES string of the molecule is O=S1(=O)CCC(Cc2ncc3ccc(Cl)cn23)CC1. The maximum atomic E-state index is 11.4. The molecule has 2 aromatic heterocycles. The molecular weight excluding hydrogens is 284 g/mol. The number of hydrogen-bond acceptors (Lipinski definition) is 3. The van der Waals surface area contributed by atoms with E-state index < -0.39 is 9.84 Å². The first-order valence-corrected chi connectivity index (χ1v) is 8.55. The summed E-state index contributed by atoms with van der Waals surface area (Å²) in [5, 5.41) is 0.679. The van der Waals surface area contributed by atoms with E-state index in [0.717, 1.165) is 30.6 Å². The average Bonchev–Trinajstić information content (AvgIpc) is 2.75. The van der Waals surface area contributed by atoms with Crippen LogP contribution in [0.25, 0.3) is 5.52 Å². The van der Waals surface area contributed by atoms with Gasteiger partial charge in [0.1, 0.15) is 15.7 Å². The summed E-state index contributed by atoms with van der Waals surface area (Å²) >= 11 is 6.00. The maximum Gasteiger partial charge on any atom is 0.150 e. The molecule has 1 aliphatic heterocycles. The van der Waals surface area contributed by atoms with E-state index in [1.54, 1.807) is 0 Å². The van der Waals surface area contributed by atoms with Gasteiger partial charge in [-0.25, -0.2) is 13.4 Å². The molecule has 0 saturated carbocycles. The molecule has 0 amide bonds. The molecule has 0 spiro atoms. The van der Waals surface area contributed by atoms with Crippen LogP contribution in [0.4, 0.5) is 0 Å². The highest BCUT2D eigenvalue weighted by Crippen LogP contribution is 2.23. The van der Waals surface area contributed by atoms with Gasteiger partial charge in [0, 0.05) is 12.6 Å². The summed E-state index contributed by atoms with van der Waals surface area (Å²) in [6, 6.07) is 3.78. The summed E-state index contributed by atoms with van der Waals surface area (Å²) in [5.74, 6) is 1.97. The molecule has 6 heteroatoms. The van der Waals surface area contributed by atoms with E-state index >= 15 is 0 Å². The lowest BCUT2D eigenvalue weighted by atomic mass is 9.98. The van der Waals surface area contributed by atoms with Crippen molar-refractivity contribution < 1.29 is 8.42 Å². The summed E-state index contributed by atoms with van der Waals surface area (Å²) in [6.45, 7) is 0. The number of fused-ring (bicyclic) bond motifs is 1. The lowest BCUT2D eigenvalue weighted by Gasteiger charge is -2.21. The predicted octanol–water partition coefficient (Wildman–Crippen LogP) is 2.36. The normalized spacial score (nSPS) is 19.8. The number of aromatic nitrogens is 2. The Morgan fingerprint density at radius 3 is 2.79 bits per heavy atom. The van der Waals surface area contributed by atoms with Gasteiger partial charge in [-0.05, 0) is 30.9 Å². The van der Waals surface area contributed by atoms with Crippen molar-refractivity contribution in [3.05, 3.63) is 35.4 Å². The summed E-state index contributed by atoms with van der Waals surface area (Å²) in [7, 11) is -2.79. The molecule has 0 aliphatic carbocycles. The average molecular weight is 299 g/mol. The summed E-state index contributed by atoms with van der Waals surface area (Å²) in [5.41, 5.74) is 1.02. The molecular formula is C13H15ClN2O2S. The Morgan fingerprint density at radius 1 is 1.32 bits per heavy atom. The fourth-order valence-electron chi connectivity index (χ4n) is 2.57. The fraction of sp³-hybridized carbons (Fsp3) is 0.462. The largest absolute Gasteiger partial charge is 0.302 e. The van der Waals surface area contributed by atoms with Crippen molar-refractivity contribution in [1.29, 1.82) is 0 Å². The lowest BCUT2D eigenvalue weighted by Crippen LogP contribution is -2.25. The van der Waals surface area contributed by atoms with Crippen molar-refractivity contribution in [2.24, 2.45) is 5.92 Å². The van der Waals surface area contributed by atoms with Crippen LogP contribution >= 0.6 is 11.6 Å². The first-order valence-electron chi connectivity index (χ1n) is 6.35. The molecule has 0 aromatic carbocycles. The number of imidazole rings is 1. The number of nitrogens with zero attached hydrogens (tertiary/aromatic N) is 2. The summed E-state index contributed by atoms with van der Waals surface area (Å²) in [6.07, 6.45) is 5.96. The van der Waals surface area contributed by atoms with E-state index in [2.05, 4.69) is 4.98 Å². The summed E-state index contributed by atoms with van der Waals surface area (Å²) < 4.78 is 24.8. The zero-order valence-corrected chi connectivity index (χ0v) is 12.0. The van der Waals surface area contributed by atoms with E-state index in [4.69, 9.17) is 11.6 Å². The molecule has 3 rings (SSSR count). The quantitative estimate of drug-likeness (QED) is 0.855. The third-order valence-electron chi connectivity index (χ3n) is 3.71. The fourth-order valence-corrected chi connectivity index (χ4v) is 4.32. The first-order chi connectivity index (χ1) is 9.03. The van der Waals surface area contributed by atoms with Crippen molar-refractivity contribution in [1.82, 2.24) is 9.38 Å². The number of hydrogen-bond donors (Lipinski definition) is 0. The van der Waals surface area contributed by atoms with Gasteiger partial charge < -0.3 is 4.40 Å². The van der Waals surface area contributed by atoms with Crippen LogP contribution in [-0.4, -0.2) is 29.3 Å². The molecule has 2 aromatic rings. The predicted molar refractivity (Wildman–Crippen MR) is 75.3 cm³/mol. The van der Waals surface area contributed by atoms with Crippen molar-refractivity contribution in [3.8, 4) is 0 Å². The maximum absolute atomic E-state index is 11.4. The molecule has 1 fully saturated rings. The van der Waals surface area contributed by atoms with Crippen LogP contribution in [0.5, 0.6) is 0 Å². The molecule has 0 atom stereocenters. The highest BCUT2D eigenvalue weighted by Gasteiger charge is 2.24. The van der Waals surface area contributed by atoms with Gasteiger partial charge in [0.25, 0.3) is 0 Å². The highest BCUT2D eigenvalue weighted by molar-refractivity contribution is 7.91. The third kappa shape index (κ3) is 2.77. The molecule has 0 bridgehead atoms. The Hall–Kier alpha value is -1.07. The van der Waals surface area contributed by atoms with Gasteiger partial charge >= 0.3 is 0 Å². The molecule has 4 nitrogen and oxygen atoms in total. The smallest absolute Gasteiger partial charge is 0.150 e. The first kappa shape index (κ1) is 12.9. The van der Waals surface area contributed by atoms with Crippen LogP contribution in [-0.2, 0) is 16.3 Å². The monoisotopic (exact) mass is 298 g/mol. The van der Waals surface area contributed by atoms with Crippen molar-refractivity contribution in [2.45, 2.75) is 19.3 Å². The standard InChI is InChI=1S/C13H15ClN2O2S/c14-11-1-2-12-8-15-13(16(12)9-11)7-10-3-5-19(17,18)6-4-10/h1-2,8-10H,3-7H2. The van der Waals surface area contributed by atoms with Crippen molar-refractivity contribution in [2.75, 3.05) is 11.5 Å². The van der Waals surface area contributed by atoms with E-state index in [1.807, 2.05) is 28.9 Å². The van der Waals surface area contributed by atoms with Gasteiger partial charge in [-0.15, -0.1) is 0 Å². The Kier molecular flexibility index (Phi) is 3.27. The van der Waals surface area contributed by atoms with E-state index in [0.29, 0.717) is 22.4 Å². The van der Waals surface area contributed by atoms with Gasteiger partial charge in [0.2, 0.25) is 0 Å². The molecule has 1 aliphatic rings. The second kappa shape index (κ2) is 4.80. The van der Waals surface area contributed by atoms with Crippen LogP contribution in [0.15, 0.2) is 24.5 Å². The molecule has 0 unspecified atom stereocenters.